The van der Waals surface area contributed by atoms with Gasteiger partial charge >= 0.3 is 6.61 Å². The van der Waals surface area contributed by atoms with Gasteiger partial charge in [-0.1, -0.05) is 42.5 Å². The fourth-order valence-corrected chi connectivity index (χ4v) is 2.46. The second kappa shape index (κ2) is 8.99. The van der Waals surface area contributed by atoms with Crippen molar-refractivity contribution in [3.8, 4) is 11.5 Å². The number of ether oxygens (including phenoxy) is 2. The van der Waals surface area contributed by atoms with Crippen LogP contribution in [0.25, 0.3) is 6.08 Å². The third kappa shape index (κ3) is 4.81. The molecule has 1 amide bonds. The molecule has 1 unspecified atom stereocenters. The molecule has 26 heavy (non-hydrogen) atoms. The molecule has 138 valence electrons. The number of benzene rings is 2. The molecule has 0 spiro atoms. The molecule has 2 aromatic rings. The number of halogens is 2. The number of nitrogens with zero attached hydrogens (tertiary/aromatic N) is 1. The molecular formula is C20H21F2NO3. The number of hydrogen-bond donors (Lipinski definition) is 0. The van der Waals surface area contributed by atoms with Crippen molar-refractivity contribution in [1.82, 2.24) is 4.90 Å². The molecule has 0 N–H and O–H groups in total. The maximum absolute atomic E-state index is 12.7. The Kier molecular flexibility index (Phi) is 6.72. The third-order valence-corrected chi connectivity index (χ3v) is 4.05. The number of para-hydroxylation sites is 1. The van der Waals surface area contributed by atoms with Gasteiger partial charge in [-0.15, -0.1) is 0 Å². The quantitative estimate of drug-likeness (QED) is 0.680. The molecule has 0 bridgehead atoms. The lowest BCUT2D eigenvalue weighted by Crippen LogP contribution is -2.27. The van der Waals surface area contributed by atoms with E-state index in [9.17, 15) is 13.6 Å². The summed E-state index contributed by atoms with van der Waals surface area (Å²) in [5, 5.41) is 0. The van der Waals surface area contributed by atoms with E-state index in [-0.39, 0.29) is 23.4 Å². The maximum atomic E-state index is 12.7. The highest BCUT2D eigenvalue weighted by Crippen LogP contribution is 2.33. The summed E-state index contributed by atoms with van der Waals surface area (Å²) < 4.78 is 34.9. The first-order chi connectivity index (χ1) is 12.4. The van der Waals surface area contributed by atoms with Crippen LogP contribution in [0.4, 0.5) is 8.78 Å². The molecule has 2 rings (SSSR count). The summed E-state index contributed by atoms with van der Waals surface area (Å²) in [6, 6.07) is 14.2. The van der Waals surface area contributed by atoms with Crippen LogP contribution < -0.4 is 9.47 Å². The van der Waals surface area contributed by atoms with Crippen LogP contribution in [0.1, 0.15) is 24.1 Å². The van der Waals surface area contributed by atoms with E-state index in [1.807, 2.05) is 37.3 Å². The first-order valence-corrected chi connectivity index (χ1v) is 8.05. The van der Waals surface area contributed by atoms with E-state index in [0.29, 0.717) is 5.56 Å². The predicted octanol–water partition coefficient (Wildman–Crippen LogP) is 4.53. The van der Waals surface area contributed by atoms with Gasteiger partial charge in [0.2, 0.25) is 5.91 Å². The highest BCUT2D eigenvalue weighted by Gasteiger charge is 2.17. The van der Waals surface area contributed by atoms with E-state index >= 15 is 0 Å². The Labute approximate surface area is 151 Å². The van der Waals surface area contributed by atoms with Crippen LogP contribution in [-0.4, -0.2) is 31.6 Å². The smallest absolute Gasteiger partial charge is 0.387 e. The van der Waals surface area contributed by atoms with Crippen molar-refractivity contribution in [3.63, 3.8) is 0 Å². The standard InChI is InChI=1S/C20H21F2NO3/c1-14(15-8-5-4-6-9-15)23(2)18(24)13-12-16-10-7-11-17(25-3)19(16)26-20(21)22/h4-14,20H,1-3H3. The largest absolute Gasteiger partial charge is 0.493 e. The van der Waals surface area contributed by atoms with Crippen molar-refractivity contribution < 1.29 is 23.0 Å². The number of hydrogen-bond acceptors (Lipinski definition) is 3. The molecule has 0 radical (unpaired) electrons. The van der Waals surface area contributed by atoms with Crippen LogP contribution in [0.15, 0.2) is 54.6 Å². The topological polar surface area (TPSA) is 38.8 Å². The average molecular weight is 361 g/mol. The molecule has 0 heterocycles. The van der Waals surface area contributed by atoms with E-state index in [1.54, 1.807) is 24.1 Å². The number of alkyl halides is 2. The lowest BCUT2D eigenvalue weighted by Gasteiger charge is -2.24. The van der Waals surface area contributed by atoms with E-state index in [4.69, 9.17) is 4.74 Å². The molecular weight excluding hydrogens is 340 g/mol. The van der Waals surface area contributed by atoms with Gasteiger partial charge in [-0.25, -0.2) is 0 Å². The van der Waals surface area contributed by atoms with Crippen LogP contribution in [0.3, 0.4) is 0 Å². The summed E-state index contributed by atoms with van der Waals surface area (Å²) in [5.74, 6) is -0.189. The van der Waals surface area contributed by atoms with Crippen LogP contribution in [0.2, 0.25) is 0 Å². The van der Waals surface area contributed by atoms with Gasteiger partial charge in [0.1, 0.15) is 0 Å². The minimum atomic E-state index is -2.99. The van der Waals surface area contributed by atoms with E-state index in [0.717, 1.165) is 5.56 Å². The van der Waals surface area contributed by atoms with Gasteiger partial charge in [0.05, 0.1) is 13.2 Å². The van der Waals surface area contributed by atoms with Crippen molar-refractivity contribution in [2.24, 2.45) is 0 Å². The summed E-state index contributed by atoms with van der Waals surface area (Å²) in [4.78, 5) is 14.0. The molecule has 1 atom stereocenters. The number of carbonyl (C=O) groups is 1. The average Bonchev–Trinajstić information content (AvgIpc) is 2.65. The minimum Gasteiger partial charge on any atom is -0.493 e. The summed E-state index contributed by atoms with van der Waals surface area (Å²) >= 11 is 0. The SMILES string of the molecule is COc1cccc(C=CC(=O)N(C)C(C)c2ccccc2)c1OC(F)F. The fourth-order valence-electron chi connectivity index (χ4n) is 2.46. The van der Waals surface area contributed by atoms with E-state index in [2.05, 4.69) is 4.74 Å². The first-order valence-electron chi connectivity index (χ1n) is 8.05. The molecule has 0 saturated heterocycles. The third-order valence-electron chi connectivity index (χ3n) is 4.05. The number of carbonyl (C=O) groups excluding carboxylic acids is 1. The first kappa shape index (κ1) is 19.4. The Balaban J connectivity index is 2.19. The van der Waals surface area contributed by atoms with E-state index in [1.165, 1.54) is 25.3 Å². The van der Waals surface area contributed by atoms with Crippen LogP contribution in [0, 0.1) is 0 Å². The Bertz CT molecular complexity index is 763. The normalized spacial score (nSPS) is 12.2. The molecule has 0 saturated carbocycles. The molecule has 4 nitrogen and oxygen atoms in total. The highest BCUT2D eigenvalue weighted by molar-refractivity contribution is 5.92. The highest BCUT2D eigenvalue weighted by atomic mass is 19.3. The van der Waals surface area contributed by atoms with Gasteiger partial charge in [-0.05, 0) is 24.6 Å². The second-order valence-electron chi connectivity index (χ2n) is 5.63. The number of likely N-dealkylation sites (N-methyl/N-ethyl adjacent to an activating group) is 1. The fraction of sp³-hybridized carbons (Fsp3) is 0.250. The number of rotatable bonds is 7. The Morgan fingerprint density at radius 3 is 2.42 bits per heavy atom. The number of amides is 1. The molecule has 0 aliphatic carbocycles. The zero-order chi connectivity index (χ0) is 19.1. The summed E-state index contributed by atoms with van der Waals surface area (Å²) in [7, 11) is 3.05. The Hall–Kier alpha value is -2.89. The monoisotopic (exact) mass is 361 g/mol. The zero-order valence-electron chi connectivity index (χ0n) is 14.9. The van der Waals surface area contributed by atoms with Crippen molar-refractivity contribution >= 4 is 12.0 Å². The second-order valence-corrected chi connectivity index (χ2v) is 5.63. The summed E-state index contributed by atoms with van der Waals surface area (Å²) in [6.07, 6.45) is 2.77. The van der Waals surface area contributed by atoms with Gasteiger partial charge in [-0.2, -0.15) is 8.78 Å². The van der Waals surface area contributed by atoms with Gasteiger partial charge in [0.25, 0.3) is 0 Å². The Morgan fingerprint density at radius 2 is 1.81 bits per heavy atom. The lowest BCUT2D eigenvalue weighted by molar-refractivity contribution is -0.126. The molecule has 6 heteroatoms. The number of methoxy groups -OCH3 is 1. The minimum absolute atomic E-state index is 0.104. The predicted molar refractivity (Wildman–Crippen MR) is 96.3 cm³/mol. The van der Waals surface area contributed by atoms with Crippen LogP contribution in [-0.2, 0) is 4.79 Å². The van der Waals surface area contributed by atoms with Gasteiger partial charge < -0.3 is 14.4 Å². The van der Waals surface area contributed by atoms with Crippen molar-refractivity contribution in [2.45, 2.75) is 19.6 Å². The summed E-state index contributed by atoms with van der Waals surface area (Å²) in [5.41, 5.74) is 1.33. The van der Waals surface area contributed by atoms with E-state index < -0.39 is 6.61 Å². The maximum Gasteiger partial charge on any atom is 0.387 e. The molecule has 0 aliphatic heterocycles. The lowest BCUT2D eigenvalue weighted by atomic mass is 10.1. The molecule has 2 aromatic carbocycles. The molecule has 0 aliphatic rings. The van der Waals surface area contributed by atoms with Crippen LogP contribution in [0.5, 0.6) is 11.5 Å². The van der Waals surface area contributed by atoms with Crippen molar-refractivity contribution in [1.29, 1.82) is 0 Å². The molecule has 0 aromatic heterocycles. The van der Waals surface area contributed by atoms with Gasteiger partial charge in [-0.3, -0.25) is 4.79 Å². The Morgan fingerprint density at radius 1 is 1.12 bits per heavy atom. The van der Waals surface area contributed by atoms with Crippen molar-refractivity contribution in [2.75, 3.05) is 14.2 Å². The van der Waals surface area contributed by atoms with Crippen molar-refractivity contribution in [3.05, 3.63) is 65.7 Å². The zero-order valence-corrected chi connectivity index (χ0v) is 14.9. The van der Waals surface area contributed by atoms with Crippen LogP contribution >= 0.6 is 0 Å². The van der Waals surface area contributed by atoms with Gasteiger partial charge in [0.15, 0.2) is 11.5 Å². The summed E-state index contributed by atoms with van der Waals surface area (Å²) in [6.45, 7) is -1.08. The molecule has 0 fully saturated rings. The van der Waals surface area contributed by atoms with Gasteiger partial charge in [0, 0.05) is 18.7 Å².